The van der Waals surface area contributed by atoms with Crippen molar-refractivity contribution in [2.24, 2.45) is 4.99 Å². The Bertz CT molecular complexity index is 672. The standard InChI is InChI=1S/C22H31N3O2/c1-18(20-9-4-3-5-10-20)27-17-7-16-25-22(23-2)24-15-6-8-19-11-13-21(26)14-12-19/h3-5,9-14,18,26H,6-8,15-17H2,1-2H3,(H2,23,24,25). The Morgan fingerprint density at radius 2 is 1.67 bits per heavy atom. The quantitative estimate of drug-likeness (QED) is 0.340. The molecule has 3 N–H and O–H groups in total. The van der Waals surface area contributed by atoms with E-state index < -0.39 is 0 Å². The lowest BCUT2D eigenvalue weighted by Crippen LogP contribution is -2.38. The molecule has 5 heteroatoms. The second-order valence-corrected chi connectivity index (χ2v) is 6.47. The average Bonchev–Trinajstić information content (AvgIpc) is 2.71. The Morgan fingerprint density at radius 1 is 1.00 bits per heavy atom. The first kappa shape index (κ1) is 20.8. The molecule has 0 saturated carbocycles. The molecule has 0 aliphatic carbocycles. The van der Waals surface area contributed by atoms with Crippen LogP contribution in [0.1, 0.15) is 37.0 Å². The zero-order valence-corrected chi connectivity index (χ0v) is 16.3. The van der Waals surface area contributed by atoms with Gasteiger partial charge in [0.1, 0.15) is 5.75 Å². The molecule has 5 nitrogen and oxygen atoms in total. The Hall–Kier alpha value is -2.53. The number of phenols is 1. The molecular formula is C22H31N3O2. The molecule has 2 rings (SSSR count). The van der Waals surface area contributed by atoms with Crippen molar-refractivity contribution >= 4 is 5.96 Å². The maximum Gasteiger partial charge on any atom is 0.190 e. The molecule has 0 fully saturated rings. The summed E-state index contributed by atoms with van der Waals surface area (Å²) in [5.74, 6) is 1.13. The zero-order valence-electron chi connectivity index (χ0n) is 16.3. The molecular weight excluding hydrogens is 338 g/mol. The maximum atomic E-state index is 9.30. The fraction of sp³-hybridized carbons (Fsp3) is 0.409. The molecule has 2 aromatic rings. The summed E-state index contributed by atoms with van der Waals surface area (Å²) in [4.78, 5) is 4.25. The van der Waals surface area contributed by atoms with Crippen LogP contribution in [0.5, 0.6) is 5.75 Å². The monoisotopic (exact) mass is 369 g/mol. The molecule has 0 aliphatic rings. The normalized spacial score (nSPS) is 12.6. The average molecular weight is 370 g/mol. The van der Waals surface area contributed by atoms with Gasteiger partial charge in [0.05, 0.1) is 6.10 Å². The van der Waals surface area contributed by atoms with E-state index in [4.69, 9.17) is 4.74 Å². The summed E-state index contributed by atoms with van der Waals surface area (Å²) in [7, 11) is 1.78. The van der Waals surface area contributed by atoms with E-state index in [1.807, 2.05) is 30.3 Å². The van der Waals surface area contributed by atoms with E-state index in [1.165, 1.54) is 11.1 Å². The molecule has 27 heavy (non-hydrogen) atoms. The SMILES string of the molecule is CN=C(NCCCOC(C)c1ccccc1)NCCCc1ccc(O)cc1. The molecule has 0 heterocycles. The van der Waals surface area contributed by atoms with Crippen molar-refractivity contribution < 1.29 is 9.84 Å². The number of hydrogen-bond acceptors (Lipinski definition) is 3. The number of ether oxygens (including phenoxy) is 1. The van der Waals surface area contributed by atoms with Crippen LogP contribution in [0.3, 0.4) is 0 Å². The van der Waals surface area contributed by atoms with E-state index >= 15 is 0 Å². The number of guanidine groups is 1. The van der Waals surface area contributed by atoms with Gasteiger partial charge in [-0.3, -0.25) is 4.99 Å². The minimum Gasteiger partial charge on any atom is -0.508 e. The minimum absolute atomic E-state index is 0.114. The highest BCUT2D eigenvalue weighted by molar-refractivity contribution is 5.79. The van der Waals surface area contributed by atoms with Crippen LogP contribution >= 0.6 is 0 Å². The summed E-state index contributed by atoms with van der Waals surface area (Å²) < 4.78 is 5.88. The van der Waals surface area contributed by atoms with Crippen LogP contribution in [0.2, 0.25) is 0 Å². The van der Waals surface area contributed by atoms with Crippen molar-refractivity contribution in [2.45, 2.75) is 32.3 Å². The molecule has 0 amide bonds. The lowest BCUT2D eigenvalue weighted by molar-refractivity contribution is 0.0646. The van der Waals surface area contributed by atoms with Crippen molar-refractivity contribution in [1.29, 1.82) is 0 Å². The number of rotatable bonds is 10. The Labute approximate surface area is 162 Å². The third-order valence-corrected chi connectivity index (χ3v) is 4.35. The first-order valence-corrected chi connectivity index (χ1v) is 9.58. The number of nitrogens with one attached hydrogen (secondary N) is 2. The van der Waals surface area contributed by atoms with Crippen LogP contribution in [-0.2, 0) is 11.2 Å². The molecule has 1 unspecified atom stereocenters. The van der Waals surface area contributed by atoms with Gasteiger partial charge in [-0.15, -0.1) is 0 Å². The number of aliphatic imine (C=N–C) groups is 1. The molecule has 146 valence electrons. The van der Waals surface area contributed by atoms with Crippen molar-refractivity contribution in [2.75, 3.05) is 26.7 Å². The van der Waals surface area contributed by atoms with Gasteiger partial charge in [-0.25, -0.2) is 0 Å². The van der Waals surface area contributed by atoms with Crippen molar-refractivity contribution in [3.63, 3.8) is 0 Å². The molecule has 1 atom stereocenters. The van der Waals surface area contributed by atoms with E-state index in [2.05, 4.69) is 34.7 Å². The van der Waals surface area contributed by atoms with Crippen LogP contribution in [0.4, 0.5) is 0 Å². The summed E-state index contributed by atoms with van der Waals surface area (Å²) >= 11 is 0. The zero-order chi connectivity index (χ0) is 19.3. The highest BCUT2D eigenvalue weighted by Crippen LogP contribution is 2.15. The van der Waals surface area contributed by atoms with Crippen molar-refractivity contribution in [1.82, 2.24) is 10.6 Å². The number of hydrogen-bond donors (Lipinski definition) is 3. The second-order valence-electron chi connectivity index (χ2n) is 6.47. The van der Waals surface area contributed by atoms with Gasteiger partial charge in [-0.2, -0.15) is 0 Å². The van der Waals surface area contributed by atoms with E-state index in [9.17, 15) is 5.11 Å². The highest BCUT2D eigenvalue weighted by Gasteiger charge is 2.04. The van der Waals surface area contributed by atoms with E-state index in [0.717, 1.165) is 38.3 Å². The van der Waals surface area contributed by atoms with Crippen LogP contribution in [0, 0.1) is 0 Å². The fourth-order valence-corrected chi connectivity index (χ4v) is 2.74. The third kappa shape index (κ3) is 8.13. The van der Waals surface area contributed by atoms with E-state index in [1.54, 1.807) is 19.2 Å². The van der Waals surface area contributed by atoms with E-state index in [-0.39, 0.29) is 6.10 Å². The van der Waals surface area contributed by atoms with Gasteiger partial charge in [0, 0.05) is 26.7 Å². The van der Waals surface area contributed by atoms with Gasteiger partial charge < -0.3 is 20.5 Å². The molecule has 0 aromatic heterocycles. The number of aromatic hydroxyl groups is 1. The predicted molar refractivity (Wildman–Crippen MR) is 111 cm³/mol. The van der Waals surface area contributed by atoms with Crippen LogP contribution in [0.15, 0.2) is 59.6 Å². The number of benzene rings is 2. The fourth-order valence-electron chi connectivity index (χ4n) is 2.74. The topological polar surface area (TPSA) is 65.9 Å². The van der Waals surface area contributed by atoms with Crippen LogP contribution < -0.4 is 10.6 Å². The van der Waals surface area contributed by atoms with Gasteiger partial charge in [0.2, 0.25) is 0 Å². The predicted octanol–water partition coefficient (Wildman–Crippen LogP) is 3.66. The lowest BCUT2D eigenvalue weighted by Gasteiger charge is -2.15. The summed E-state index contributed by atoms with van der Waals surface area (Å²) in [5.41, 5.74) is 2.43. The first-order valence-electron chi connectivity index (χ1n) is 9.58. The molecule has 0 bridgehead atoms. The summed E-state index contributed by atoms with van der Waals surface area (Å²) in [6, 6.07) is 17.6. The van der Waals surface area contributed by atoms with Crippen LogP contribution in [-0.4, -0.2) is 37.8 Å². The maximum absolute atomic E-state index is 9.30. The number of aryl methyl sites for hydroxylation is 1. The Balaban J connectivity index is 1.54. The largest absolute Gasteiger partial charge is 0.508 e. The van der Waals surface area contributed by atoms with E-state index in [0.29, 0.717) is 12.4 Å². The number of nitrogens with zero attached hydrogens (tertiary/aromatic N) is 1. The van der Waals surface area contributed by atoms with Gasteiger partial charge >= 0.3 is 0 Å². The summed E-state index contributed by atoms with van der Waals surface area (Å²) in [6.07, 6.45) is 3.01. The summed E-state index contributed by atoms with van der Waals surface area (Å²) in [5, 5.41) is 15.9. The minimum atomic E-state index is 0.114. The highest BCUT2D eigenvalue weighted by atomic mass is 16.5. The molecule has 2 aromatic carbocycles. The van der Waals surface area contributed by atoms with Gasteiger partial charge in [-0.05, 0) is 49.4 Å². The molecule has 0 saturated heterocycles. The Morgan fingerprint density at radius 3 is 2.33 bits per heavy atom. The van der Waals surface area contributed by atoms with Gasteiger partial charge in [-0.1, -0.05) is 42.5 Å². The lowest BCUT2D eigenvalue weighted by atomic mass is 10.1. The van der Waals surface area contributed by atoms with Crippen molar-refractivity contribution in [3.05, 3.63) is 65.7 Å². The van der Waals surface area contributed by atoms with Crippen molar-refractivity contribution in [3.8, 4) is 5.75 Å². The molecule has 0 aliphatic heterocycles. The van der Waals surface area contributed by atoms with Gasteiger partial charge in [0.25, 0.3) is 0 Å². The molecule has 0 radical (unpaired) electrons. The number of phenolic OH excluding ortho intramolecular Hbond substituents is 1. The Kier molecular flexibility index (Phi) is 9.21. The first-order chi connectivity index (χ1) is 13.2. The third-order valence-electron chi connectivity index (χ3n) is 4.35. The van der Waals surface area contributed by atoms with Crippen LogP contribution in [0.25, 0.3) is 0 Å². The molecule has 0 spiro atoms. The summed E-state index contributed by atoms with van der Waals surface area (Å²) in [6.45, 7) is 4.46. The van der Waals surface area contributed by atoms with Gasteiger partial charge in [0.15, 0.2) is 5.96 Å². The second kappa shape index (κ2) is 12.0. The smallest absolute Gasteiger partial charge is 0.190 e.